The van der Waals surface area contributed by atoms with Crippen LogP contribution in [0.2, 0.25) is 0 Å². The molecule has 1 aromatic rings. The van der Waals surface area contributed by atoms with E-state index >= 15 is 0 Å². The molecule has 0 aliphatic carbocycles. The van der Waals surface area contributed by atoms with E-state index in [1.807, 2.05) is 12.1 Å². The van der Waals surface area contributed by atoms with Gasteiger partial charge in [-0.05, 0) is 30.5 Å². The van der Waals surface area contributed by atoms with Gasteiger partial charge < -0.3 is 20.1 Å². The number of hydrogen-bond donors (Lipinski definition) is 2. The molecule has 0 aliphatic rings. The van der Waals surface area contributed by atoms with Gasteiger partial charge in [0, 0.05) is 33.9 Å². The lowest BCUT2D eigenvalue weighted by Crippen LogP contribution is -2.37. The summed E-state index contributed by atoms with van der Waals surface area (Å²) in [7, 11) is 3.48. The van der Waals surface area contributed by atoms with Gasteiger partial charge in [-0.1, -0.05) is 25.5 Å². The third kappa shape index (κ3) is 7.88. The number of aliphatic imine (C=N–C) groups is 1. The van der Waals surface area contributed by atoms with Gasteiger partial charge in [-0.25, -0.2) is 0 Å². The molecule has 0 unspecified atom stereocenters. The number of hydrogen-bond acceptors (Lipinski definition) is 3. The van der Waals surface area contributed by atoms with Crippen LogP contribution in [0.25, 0.3) is 0 Å². The van der Waals surface area contributed by atoms with Crippen molar-refractivity contribution in [1.29, 1.82) is 0 Å². The van der Waals surface area contributed by atoms with Gasteiger partial charge in [0.25, 0.3) is 0 Å². The third-order valence-corrected chi connectivity index (χ3v) is 3.17. The van der Waals surface area contributed by atoms with Crippen LogP contribution < -0.4 is 15.4 Å². The molecule has 0 atom stereocenters. The van der Waals surface area contributed by atoms with Crippen molar-refractivity contribution in [3.8, 4) is 5.75 Å². The van der Waals surface area contributed by atoms with Crippen molar-refractivity contribution in [2.45, 2.75) is 32.7 Å². The van der Waals surface area contributed by atoms with Crippen molar-refractivity contribution >= 4 is 5.96 Å². The van der Waals surface area contributed by atoms with Gasteiger partial charge in [0.05, 0.1) is 6.61 Å². The summed E-state index contributed by atoms with van der Waals surface area (Å²) >= 11 is 0. The Bertz CT molecular complexity index is 436. The molecule has 0 saturated heterocycles. The predicted molar refractivity (Wildman–Crippen MR) is 91.5 cm³/mol. The fourth-order valence-corrected chi connectivity index (χ4v) is 1.91. The zero-order valence-electron chi connectivity index (χ0n) is 14.0. The molecular formula is C17H29N3O2. The standard InChI is InChI=1S/C17H29N3O2/c1-4-5-12-22-16-9-6-8-15(13-16)14-20-17(18-2)19-10-7-11-21-3/h6,8-9,13H,4-5,7,10-12,14H2,1-3H3,(H2,18,19,20). The van der Waals surface area contributed by atoms with Gasteiger partial charge in [-0.3, -0.25) is 4.99 Å². The lowest BCUT2D eigenvalue weighted by Gasteiger charge is -2.12. The van der Waals surface area contributed by atoms with Gasteiger partial charge in [0.1, 0.15) is 5.75 Å². The highest BCUT2D eigenvalue weighted by Crippen LogP contribution is 2.13. The van der Waals surface area contributed by atoms with Gasteiger partial charge in [-0.15, -0.1) is 0 Å². The monoisotopic (exact) mass is 307 g/mol. The van der Waals surface area contributed by atoms with Crippen molar-refractivity contribution in [3.63, 3.8) is 0 Å². The van der Waals surface area contributed by atoms with E-state index in [-0.39, 0.29) is 0 Å². The van der Waals surface area contributed by atoms with Crippen molar-refractivity contribution in [2.75, 3.05) is 33.9 Å². The summed E-state index contributed by atoms with van der Waals surface area (Å²) in [6, 6.07) is 8.17. The fraction of sp³-hybridized carbons (Fsp3) is 0.588. The molecule has 5 heteroatoms. The van der Waals surface area contributed by atoms with Crippen LogP contribution in [0.15, 0.2) is 29.3 Å². The van der Waals surface area contributed by atoms with Crippen molar-refractivity contribution in [3.05, 3.63) is 29.8 Å². The highest BCUT2D eigenvalue weighted by atomic mass is 16.5. The average molecular weight is 307 g/mol. The Morgan fingerprint density at radius 1 is 1.18 bits per heavy atom. The minimum atomic E-state index is 0.717. The van der Waals surface area contributed by atoms with Crippen molar-refractivity contribution in [2.24, 2.45) is 4.99 Å². The zero-order chi connectivity index (χ0) is 16.0. The number of nitrogens with one attached hydrogen (secondary N) is 2. The molecule has 2 N–H and O–H groups in total. The highest BCUT2D eigenvalue weighted by Gasteiger charge is 2.00. The molecule has 0 aliphatic heterocycles. The van der Waals surface area contributed by atoms with E-state index in [0.717, 1.165) is 57.3 Å². The molecule has 0 aromatic heterocycles. The number of nitrogens with zero attached hydrogens (tertiary/aromatic N) is 1. The van der Waals surface area contributed by atoms with E-state index in [9.17, 15) is 0 Å². The van der Waals surface area contributed by atoms with E-state index in [2.05, 4.69) is 34.7 Å². The molecule has 22 heavy (non-hydrogen) atoms. The molecule has 0 amide bonds. The Hall–Kier alpha value is -1.75. The minimum absolute atomic E-state index is 0.717. The Morgan fingerprint density at radius 3 is 2.77 bits per heavy atom. The van der Waals surface area contributed by atoms with Crippen LogP contribution in [0, 0.1) is 0 Å². The first kappa shape index (κ1) is 18.3. The number of benzene rings is 1. The number of rotatable bonds is 10. The number of ether oxygens (including phenoxy) is 2. The SMILES string of the molecule is CCCCOc1cccc(CNC(=NC)NCCCOC)c1. The second-order valence-corrected chi connectivity index (χ2v) is 5.05. The summed E-state index contributed by atoms with van der Waals surface area (Å²) < 4.78 is 10.8. The molecule has 5 nitrogen and oxygen atoms in total. The molecule has 1 aromatic carbocycles. The maximum absolute atomic E-state index is 5.72. The van der Waals surface area contributed by atoms with Crippen LogP contribution >= 0.6 is 0 Å². The van der Waals surface area contributed by atoms with E-state index in [4.69, 9.17) is 9.47 Å². The third-order valence-electron chi connectivity index (χ3n) is 3.17. The maximum Gasteiger partial charge on any atom is 0.191 e. The van der Waals surface area contributed by atoms with Crippen molar-refractivity contribution in [1.82, 2.24) is 10.6 Å². The van der Waals surface area contributed by atoms with Gasteiger partial charge in [0.2, 0.25) is 0 Å². The second kappa shape index (κ2) is 11.9. The molecule has 124 valence electrons. The first-order valence-corrected chi connectivity index (χ1v) is 7.95. The number of guanidine groups is 1. The second-order valence-electron chi connectivity index (χ2n) is 5.05. The Kier molecular flexibility index (Phi) is 9.87. The van der Waals surface area contributed by atoms with E-state index in [1.54, 1.807) is 14.2 Å². The predicted octanol–water partition coefficient (Wildman–Crippen LogP) is 2.57. The summed E-state index contributed by atoms with van der Waals surface area (Å²) in [4.78, 5) is 4.21. The van der Waals surface area contributed by atoms with Crippen LogP contribution in [0.3, 0.4) is 0 Å². The molecule has 1 rings (SSSR count). The molecule has 0 spiro atoms. The quantitative estimate of drug-likeness (QED) is 0.396. The lowest BCUT2D eigenvalue weighted by molar-refractivity contribution is 0.195. The molecule has 0 radical (unpaired) electrons. The topological polar surface area (TPSA) is 54.9 Å². The van der Waals surface area contributed by atoms with Gasteiger partial charge in [0.15, 0.2) is 5.96 Å². The zero-order valence-corrected chi connectivity index (χ0v) is 14.0. The fourth-order valence-electron chi connectivity index (χ4n) is 1.91. The van der Waals surface area contributed by atoms with Crippen LogP contribution in [0.5, 0.6) is 5.75 Å². The van der Waals surface area contributed by atoms with Crippen LogP contribution in [0.4, 0.5) is 0 Å². The first-order valence-electron chi connectivity index (χ1n) is 7.95. The summed E-state index contributed by atoms with van der Waals surface area (Å²) in [5, 5.41) is 6.56. The Labute approximate surface area is 134 Å². The Morgan fingerprint density at radius 2 is 2.05 bits per heavy atom. The molecule has 0 heterocycles. The normalized spacial score (nSPS) is 11.3. The van der Waals surface area contributed by atoms with E-state index < -0.39 is 0 Å². The minimum Gasteiger partial charge on any atom is -0.494 e. The summed E-state index contributed by atoms with van der Waals surface area (Å²) in [5.41, 5.74) is 1.17. The Balaban J connectivity index is 2.37. The molecule has 0 bridgehead atoms. The van der Waals surface area contributed by atoms with Crippen LogP contribution in [0.1, 0.15) is 31.7 Å². The molecular weight excluding hydrogens is 278 g/mol. The lowest BCUT2D eigenvalue weighted by atomic mass is 10.2. The highest BCUT2D eigenvalue weighted by molar-refractivity contribution is 5.79. The van der Waals surface area contributed by atoms with Crippen LogP contribution in [-0.2, 0) is 11.3 Å². The van der Waals surface area contributed by atoms with E-state index in [1.165, 1.54) is 5.56 Å². The largest absolute Gasteiger partial charge is 0.494 e. The molecule has 0 fully saturated rings. The van der Waals surface area contributed by atoms with Crippen molar-refractivity contribution < 1.29 is 9.47 Å². The number of methoxy groups -OCH3 is 1. The van der Waals surface area contributed by atoms with Crippen LogP contribution in [-0.4, -0.2) is 39.9 Å². The molecule has 0 saturated carbocycles. The summed E-state index contributed by atoms with van der Waals surface area (Å²) in [6.07, 6.45) is 3.19. The van der Waals surface area contributed by atoms with Gasteiger partial charge in [-0.2, -0.15) is 0 Å². The average Bonchev–Trinajstić information content (AvgIpc) is 2.55. The van der Waals surface area contributed by atoms with Gasteiger partial charge >= 0.3 is 0 Å². The number of unbranched alkanes of at least 4 members (excludes halogenated alkanes) is 1. The maximum atomic E-state index is 5.72. The summed E-state index contributed by atoms with van der Waals surface area (Å²) in [5.74, 6) is 1.73. The summed E-state index contributed by atoms with van der Waals surface area (Å²) in [6.45, 7) is 5.24. The smallest absolute Gasteiger partial charge is 0.191 e. The first-order chi connectivity index (χ1) is 10.8. The van der Waals surface area contributed by atoms with E-state index in [0.29, 0.717) is 0 Å².